The van der Waals surface area contributed by atoms with Crippen molar-refractivity contribution >= 4 is 29.3 Å². The normalized spacial score (nSPS) is 11.8. The first-order valence-corrected chi connectivity index (χ1v) is 12.2. The van der Waals surface area contributed by atoms with Gasteiger partial charge in [-0.15, -0.1) is 16.8 Å². The van der Waals surface area contributed by atoms with Crippen molar-refractivity contribution in [3.63, 3.8) is 0 Å². The summed E-state index contributed by atoms with van der Waals surface area (Å²) in [6.07, 6.45) is 1.74. The van der Waals surface area contributed by atoms with Gasteiger partial charge in [0.05, 0.1) is 11.8 Å². The number of amides is 2. The molecule has 0 bridgehead atoms. The number of benzene rings is 2. The molecule has 0 saturated heterocycles. The van der Waals surface area contributed by atoms with Crippen LogP contribution in [0.1, 0.15) is 60.0 Å². The van der Waals surface area contributed by atoms with E-state index in [9.17, 15) is 9.59 Å². The van der Waals surface area contributed by atoms with Crippen LogP contribution < -0.4 is 10.6 Å². The molecule has 1 aromatic heterocycles. The largest absolute Gasteiger partial charge is 0.342 e. The minimum atomic E-state index is -0.374. The van der Waals surface area contributed by atoms with E-state index < -0.39 is 0 Å². The van der Waals surface area contributed by atoms with Gasteiger partial charge in [-0.2, -0.15) is 0 Å². The summed E-state index contributed by atoms with van der Waals surface area (Å²) in [5.41, 5.74) is 3.44. The second-order valence-corrected chi connectivity index (χ2v) is 9.27. The van der Waals surface area contributed by atoms with Crippen molar-refractivity contribution < 1.29 is 9.59 Å². The van der Waals surface area contributed by atoms with E-state index in [0.717, 1.165) is 16.8 Å². The molecule has 3 rings (SSSR count). The molecule has 8 heteroatoms. The monoisotopic (exact) mass is 477 g/mol. The molecule has 0 aliphatic rings. The minimum absolute atomic E-state index is 0.117. The predicted octanol–water partition coefficient (Wildman–Crippen LogP) is 5.12. The van der Waals surface area contributed by atoms with Crippen LogP contribution in [0, 0.1) is 6.92 Å². The number of carbonyl (C=O) groups is 2. The number of para-hydroxylation sites is 1. The summed E-state index contributed by atoms with van der Waals surface area (Å²) in [7, 11) is 0. The van der Waals surface area contributed by atoms with Gasteiger partial charge in [-0.1, -0.05) is 68.1 Å². The van der Waals surface area contributed by atoms with E-state index in [-0.39, 0.29) is 23.6 Å². The van der Waals surface area contributed by atoms with E-state index in [1.165, 1.54) is 11.8 Å². The molecule has 0 spiro atoms. The fraction of sp³-hybridized carbons (Fsp3) is 0.308. The highest BCUT2D eigenvalue weighted by atomic mass is 32.2. The number of hydrogen-bond acceptors (Lipinski definition) is 5. The number of thioether (sulfide) groups is 1. The topological polar surface area (TPSA) is 88.9 Å². The third-order valence-electron chi connectivity index (χ3n) is 5.37. The van der Waals surface area contributed by atoms with Crippen molar-refractivity contribution in [1.29, 1.82) is 0 Å². The van der Waals surface area contributed by atoms with Crippen LogP contribution in [0.3, 0.4) is 0 Å². The number of anilines is 1. The van der Waals surface area contributed by atoms with Gasteiger partial charge < -0.3 is 15.2 Å². The van der Waals surface area contributed by atoms with E-state index >= 15 is 0 Å². The maximum Gasteiger partial charge on any atom is 0.252 e. The van der Waals surface area contributed by atoms with Crippen molar-refractivity contribution in [2.45, 2.75) is 51.4 Å². The lowest BCUT2D eigenvalue weighted by atomic mass is 10.0. The van der Waals surface area contributed by atoms with E-state index in [0.29, 0.717) is 29.0 Å². The van der Waals surface area contributed by atoms with E-state index in [4.69, 9.17) is 0 Å². The van der Waals surface area contributed by atoms with Crippen LogP contribution in [-0.2, 0) is 11.3 Å². The van der Waals surface area contributed by atoms with Crippen LogP contribution in [0.4, 0.5) is 5.69 Å². The van der Waals surface area contributed by atoms with Crippen LogP contribution in [0.25, 0.3) is 0 Å². The standard InChI is InChI=1S/C26H31N5O2S/c1-6-15-31-24(19(5)27-25(33)21-13-8-7-11-18(21)4)29-30-26(31)34-16-23(32)28-22-14-10-9-12-20(22)17(2)3/h6-14,17,19H,1,15-16H2,2-5H3,(H,27,33)(H,28,32)/t19-/m1/s1. The zero-order chi connectivity index (χ0) is 24.7. The fourth-order valence-electron chi connectivity index (χ4n) is 3.63. The van der Waals surface area contributed by atoms with Gasteiger partial charge in [0.2, 0.25) is 5.91 Å². The number of carbonyl (C=O) groups excluding carboxylic acids is 2. The highest BCUT2D eigenvalue weighted by molar-refractivity contribution is 7.99. The molecule has 2 aromatic carbocycles. The number of aryl methyl sites for hydroxylation is 1. The molecule has 7 nitrogen and oxygen atoms in total. The highest BCUT2D eigenvalue weighted by Gasteiger charge is 2.21. The smallest absolute Gasteiger partial charge is 0.252 e. The Balaban J connectivity index is 1.69. The molecule has 1 heterocycles. The zero-order valence-corrected chi connectivity index (χ0v) is 20.9. The van der Waals surface area contributed by atoms with Crippen LogP contribution in [0.5, 0.6) is 0 Å². The van der Waals surface area contributed by atoms with Gasteiger partial charge in [-0.05, 0) is 43.0 Å². The van der Waals surface area contributed by atoms with Gasteiger partial charge in [0, 0.05) is 17.8 Å². The lowest BCUT2D eigenvalue weighted by molar-refractivity contribution is -0.113. The molecule has 2 amide bonds. The zero-order valence-electron chi connectivity index (χ0n) is 20.0. The predicted molar refractivity (Wildman–Crippen MR) is 137 cm³/mol. The van der Waals surface area contributed by atoms with Crippen LogP contribution in [0.15, 0.2) is 66.3 Å². The first kappa shape index (κ1) is 25.2. The van der Waals surface area contributed by atoms with Crippen molar-refractivity contribution in [3.8, 4) is 0 Å². The Morgan fingerprint density at radius 2 is 1.79 bits per heavy atom. The Bertz CT molecular complexity index is 1170. The lowest BCUT2D eigenvalue weighted by Crippen LogP contribution is -2.29. The van der Waals surface area contributed by atoms with E-state index in [2.05, 4.69) is 41.3 Å². The summed E-state index contributed by atoms with van der Waals surface area (Å²) in [5.74, 6) is 0.810. The van der Waals surface area contributed by atoms with Gasteiger partial charge in [-0.25, -0.2) is 0 Å². The number of allylic oxidation sites excluding steroid dienone is 1. The number of aromatic nitrogens is 3. The second kappa shape index (κ2) is 11.7. The second-order valence-electron chi connectivity index (χ2n) is 8.33. The van der Waals surface area contributed by atoms with Crippen molar-refractivity contribution in [3.05, 3.63) is 83.7 Å². The number of rotatable bonds is 10. The molecule has 0 radical (unpaired) electrons. The Hall–Kier alpha value is -3.39. The summed E-state index contributed by atoms with van der Waals surface area (Å²) < 4.78 is 1.87. The molecule has 1 atom stereocenters. The maximum atomic E-state index is 12.7. The molecular formula is C26H31N5O2S. The molecule has 34 heavy (non-hydrogen) atoms. The summed E-state index contributed by atoms with van der Waals surface area (Å²) in [6, 6.07) is 14.9. The molecule has 3 aromatic rings. The summed E-state index contributed by atoms with van der Waals surface area (Å²) in [6.45, 7) is 12.2. The average Bonchev–Trinajstić information content (AvgIpc) is 3.21. The molecule has 178 valence electrons. The van der Waals surface area contributed by atoms with E-state index in [1.807, 2.05) is 60.9 Å². The van der Waals surface area contributed by atoms with Crippen LogP contribution in [-0.4, -0.2) is 32.3 Å². The molecule has 0 saturated carbocycles. The minimum Gasteiger partial charge on any atom is -0.342 e. The number of hydrogen-bond donors (Lipinski definition) is 2. The third-order valence-corrected chi connectivity index (χ3v) is 6.34. The quantitative estimate of drug-likeness (QED) is 0.313. The Labute approximate surface area is 205 Å². The van der Waals surface area contributed by atoms with Gasteiger partial charge in [0.1, 0.15) is 0 Å². The first-order chi connectivity index (χ1) is 16.3. The highest BCUT2D eigenvalue weighted by Crippen LogP contribution is 2.25. The summed E-state index contributed by atoms with van der Waals surface area (Å²) in [4.78, 5) is 25.4. The lowest BCUT2D eigenvalue weighted by Gasteiger charge is -2.16. The molecular weight excluding hydrogens is 446 g/mol. The van der Waals surface area contributed by atoms with Crippen molar-refractivity contribution in [2.75, 3.05) is 11.1 Å². The number of nitrogens with zero attached hydrogens (tertiary/aromatic N) is 3. The van der Waals surface area contributed by atoms with Crippen LogP contribution in [0.2, 0.25) is 0 Å². The Morgan fingerprint density at radius 3 is 2.50 bits per heavy atom. The maximum absolute atomic E-state index is 12.7. The molecule has 2 N–H and O–H groups in total. The average molecular weight is 478 g/mol. The van der Waals surface area contributed by atoms with Crippen LogP contribution >= 0.6 is 11.8 Å². The fourth-order valence-corrected chi connectivity index (χ4v) is 4.38. The number of nitrogens with one attached hydrogen (secondary N) is 2. The summed E-state index contributed by atoms with van der Waals surface area (Å²) in [5, 5.41) is 15.2. The van der Waals surface area contributed by atoms with Gasteiger partial charge in [-0.3, -0.25) is 9.59 Å². The Kier molecular flexibility index (Phi) is 8.65. The first-order valence-electron chi connectivity index (χ1n) is 11.2. The summed E-state index contributed by atoms with van der Waals surface area (Å²) >= 11 is 1.30. The molecule has 0 aliphatic carbocycles. The molecule has 0 unspecified atom stereocenters. The van der Waals surface area contributed by atoms with Gasteiger partial charge in [0.25, 0.3) is 5.91 Å². The Morgan fingerprint density at radius 1 is 1.09 bits per heavy atom. The third kappa shape index (κ3) is 6.14. The van der Waals surface area contributed by atoms with Crippen molar-refractivity contribution in [1.82, 2.24) is 20.1 Å². The van der Waals surface area contributed by atoms with Gasteiger partial charge >= 0.3 is 0 Å². The van der Waals surface area contributed by atoms with Gasteiger partial charge in [0.15, 0.2) is 11.0 Å². The SMILES string of the molecule is C=CCn1c(SCC(=O)Nc2ccccc2C(C)C)nnc1[C@@H](C)NC(=O)c1ccccc1C. The molecule has 0 fully saturated rings. The van der Waals surface area contributed by atoms with E-state index in [1.54, 1.807) is 12.1 Å². The molecule has 0 aliphatic heterocycles. The van der Waals surface area contributed by atoms with Crippen molar-refractivity contribution in [2.24, 2.45) is 0 Å².